The first kappa shape index (κ1) is 12.1. The van der Waals surface area contributed by atoms with E-state index in [-0.39, 0.29) is 5.82 Å². The molecule has 90 valence electrons. The summed E-state index contributed by atoms with van der Waals surface area (Å²) >= 11 is 6.07. The summed E-state index contributed by atoms with van der Waals surface area (Å²) in [6, 6.07) is 6.12. The second kappa shape index (κ2) is 5.29. The van der Waals surface area contributed by atoms with Crippen LogP contribution >= 0.6 is 11.6 Å². The molecule has 0 aliphatic carbocycles. The standard InChI is InChI=1S/C12H13ClFN3/c1-15-7-6-10-16-11(12(13)17-10)8-2-4-9(14)5-3-8/h2-5,15H,6-7H2,1H3,(H,16,17). The van der Waals surface area contributed by atoms with Crippen molar-refractivity contribution in [3.63, 3.8) is 0 Å². The zero-order valence-electron chi connectivity index (χ0n) is 9.43. The van der Waals surface area contributed by atoms with E-state index in [1.165, 1.54) is 12.1 Å². The van der Waals surface area contributed by atoms with E-state index >= 15 is 0 Å². The van der Waals surface area contributed by atoms with Crippen LogP contribution in [0.3, 0.4) is 0 Å². The lowest BCUT2D eigenvalue weighted by Crippen LogP contribution is -2.11. The third kappa shape index (κ3) is 2.84. The minimum Gasteiger partial charge on any atom is -0.332 e. The zero-order valence-corrected chi connectivity index (χ0v) is 10.2. The minimum atomic E-state index is -0.268. The van der Waals surface area contributed by atoms with Gasteiger partial charge >= 0.3 is 0 Å². The first-order chi connectivity index (χ1) is 8.20. The van der Waals surface area contributed by atoms with Crippen LogP contribution in [0.2, 0.25) is 5.15 Å². The summed E-state index contributed by atoms with van der Waals surface area (Å²) in [6.07, 6.45) is 0.775. The molecule has 0 bridgehead atoms. The largest absolute Gasteiger partial charge is 0.332 e. The van der Waals surface area contributed by atoms with Crippen LogP contribution in [0.15, 0.2) is 24.3 Å². The predicted octanol–water partition coefficient (Wildman–Crippen LogP) is 2.63. The monoisotopic (exact) mass is 253 g/mol. The van der Waals surface area contributed by atoms with Crippen LogP contribution < -0.4 is 5.32 Å². The molecule has 17 heavy (non-hydrogen) atoms. The van der Waals surface area contributed by atoms with E-state index in [2.05, 4.69) is 15.3 Å². The van der Waals surface area contributed by atoms with E-state index in [1.54, 1.807) is 12.1 Å². The van der Waals surface area contributed by atoms with E-state index < -0.39 is 0 Å². The van der Waals surface area contributed by atoms with Crippen molar-refractivity contribution in [1.82, 2.24) is 15.3 Å². The highest BCUT2D eigenvalue weighted by Crippen LogP contribution is 2.25. The van der Waals surface area contributed by atoms with Crippen LogP contribution in [-0.4, -0.2) is 23.6 Å². The van der Waals surface area contributed by atoms with Gasteiger partial charge < -0.3 is 10.3 Å². The Kier molecular flexibility index (Phi) is 3.76. The first-order valence-electron chi connectivity index (χ1n) is 5.35. The second-order valence-corrected chi connectivity index (χ2v) is 4.08. The molecule has 0 aliphatic heterocycles. The van der Waals surface area contributed by atoms with Crippen molar-refractivity contribution in [2.45, 2.75) is 6.42 Å². The third-order valence-corrected chi connectivity index (χ3v) is 2.71. The summed E-state index contributed by atoms with van der Waals surface area (Å²) in [7, 11) is 1.88. The molecule has 0 amide bonds. The van der Waals surface area contributed by atoms with Crippen LogP contribution in [0.1, 0.15) is 5.82 Å². The molecule has 0 spiro atoms. The number of nitrogens with one attached hydrogen (secondary N) is 2. The molecule has 0 radical (unpaired) electrons. The molecule has 0 atom stereocenters. The van der Waals surface area contributed by atoms with Crippen molar-refractivity contribution in [3.8, 4) is 11.3 Å². The van der Waals surface area contributed by atoms with Gasteiger partial charge in [-0.2, -0.15) is 0 Å². The maximum atomic E-state index is 12.8. The molecule has 0 saturated carbocycles. The number of aromatic nitrogens is 2. The normalized spacial score (nSPS) is 10.8. The molecule has 1 aromatic heterocycles. The van der Waals surface area contributed by atoms with Crippen LogP contribution in [-0.2, 0) is 6.42 Å². The summed E-state index contributed by atoms with van der Waals surface area (Å²) in [6.45, 7) is 0.826. The molecule has 3 nitrogen and oxygen atoms in total. The summed E-state index contributed by atoms with van der Waals surface area (Å²) in [5.41, 5.74) is 1.47. The van der Waals surface area contributed by atoms with Gasteiger partial charge in [0.1, 0.15) is 22.5 Å². The van der Waals surface area contributed by atoms with Crippen molar-refractivity contribution in [2.75, 3.05) is 13.6 Å². The van der Waals surface area contributed by atoms with Gasteiger partial charge in [0.05, 0.1) is 0 Å². The van der Waals surface area contributed by atoms with Gasteiger partial charge in [0.25, 0.3) is 0 Å². The Morgan fingerprint density at radius 3 is 2.71 bits per heavy atom. The Morgan fingerprint density at radius 1 is 1.35 bits per heavy atom. The second-order valence-electron chi connectivity index (χ2n) is 3.71. The van der Waals surface area contributed by atoms with Crippen LogP contribution in [0, 0.1) is 5.82 Å². The number of H-pyrrole nitrogens is 1. The smallest absolute Gasteiger partial charge is 0.134 e. The lowest BCUT2D eigenvalue weighted by molar-refractivity contribution is 0.628. The molecular weight excluding hydrogens is 241 g/mol. The molecule has 2 rings (SSSR count). The highest BCUT2D eigenvalue weighted by atomic mass is 35.5. The quantitative estimate of drug-likeness (QED) is 0.880. The Labute approximate surface area is 104 Å². The molecule has 1 heterocycles. The average Bonchev–Trinajstić information content (AvgIpc) is 2.69. The van der Waals surface area contributed by atoms with E-state index in [4.69, 9.17) is 11.6 Å². The van der Waals surface area contributed by atoms with Gasteiger partial charge in [-0.1, -0.05) is 11.6 Å². The number of likely N-dealkylation sites (N-methyl/N-ethyl adjacent to an activating group) is 1. The predicted molar refractivity (Wildman–Crippen MR) is 66.6 cm³/mol. The van der Waals surface area contributed by atoms with Crippen LogP contribution in [0.4, 0.5) is 4.39 Å². The van der Waals surface area contributed by atoms with Gasteiger partial charge in [0.2, 0.25) is 0 Å². The molecular formula is C12H13ClFN3. The first-order valence-corrected chi connectivity index (χ1v) is 5.73. The number of hydrogen-bond acceptors (Lipinski definition) is 2. The number of benzene rings is 1. The SMILES string of the molecule is CNCCc1nc(-c2ccc(F)cc2)c(Cl)[nH]1. The number of hydrogen-bond donors (Lipinski definition) is 2. The van der Waals surface area contributed by atoms with Crippen molar-refractivity contribution < 1.29 is 4.39 Å². The topological polar surface area (TPSA) is 40.7 Å². The molecule has 0 fully saturated rings. The molecule has 0 saturated heterocycles. The van der Waals surface area contributed by atoms with Gasteiger partial charge in [-0.3, -0.25) is 0 Å². The maximum Gasteiger partial charge on any atom is 0.134 e. The zero-order chi connectivity index (χ0) is 12.3. The molecule has 2 aromatic rings. The molecule has 5 heteroatoms. The molecule has 2 N–H and O–H groups in total. The fourth-order valence-corrected chi connectivity index (χ4v) is 1.82. The fourth-order valence-electron chi connectivity index (χ4n) is 1.56. The Hall–Kier alpha value is -1.39. The molecule has 0 aliphatic rings. The molecule has 0 unspecified atom stereocenters. The third-order valence-electron chi connectivity index (χ3n) is 2.44. The fraction of sp³-hybridized carbons (Fsp3) is 0.250. The van der Waals surface area contributed by atoms with E-state index in [1.807, 2.05) is 7.05 Å². The number of aromatic amines is 1. The van der Waals surface area contributed by atoms with E-state index in [0.29, 0.717) is 10.8 Å². The summed E-state index contributed by atoms with van der Waals surface area (Å²) in [5, 5.41) is 3.53. The number of imidazole rings is 1. The lowest BCUT2D eigenvalue weighted by Gasteiger charge is -1.96. The van der Waals surface area contributed by atoms with Crippen molar-refractivity contribution >= 4 is 11.6 Å². The summed E-state index contributed by atoms with van der Waals surface area (Å²) < 4.78 is 12.8. The van der Waals surface area contributed by atoms with Crippen LogP contribution in [0.25, 0.3) is 11.3 Å². The highest BCUT2D eigenvalue weighted by molar-refractivity contribution is 6.31. The Balaban J connectivity index is 2.26. The van der Waals surface area contributed by atoms with Gasteiger partial charge in [0, 0.05) is 18.5 Å². The summed E-state index contributed by atoms with van der Waals surface area (Å²) in [5.74, 6) is 0.555. The number of rotatable bonds is 4. The average molecular weight is 254 g/mol. The number of nitrogens with zero attached hydrogens (tertiary/aromatic N) is 1. The minimum absolute atomic E-state index is 0.268. The Morgan fingerprint density at radius 2 is 2.06 bits per heavy atom. The highest BCUT2D eigenvalue weighted by Gasteiger charge is 2.10. The van der Waals surface area contributed by atoms with Crippen molar-refractivity contribution in [3.05, 3.63) is 41.1 Å². The summed E-state index contributed by atoms with van der Waals surface area (Å²) in [4.78, 5) is 7.41. The van der Waals surface area contributed by atoms with Gasteiger partial charge in [-0.05, 0) is 31.3 Å². The van der Waals surface area contributed by atoms with Gasteiger partial charge in [-0.15, -0.1) is 0 Å². The lowest BCUT2D eigenvalue weighted by atomic mass is 10.2. The van der Waals surface area contributed by atoms with E-state index in [0.717, 1.165) is 24.4 Å². The van der Waals surface area contributed by atoms with Gasteiger partial charge in [-0.25, -0.2) is 9.37 Å². The van der Waals surface area contributed by atoms with E-state index in [9.17, 15) is 4.39 Å². The molecule has 1 aromatic carbocycles. The Bertz CT molecular complexity index is 493. The van der Waals surface area contributed by atoms with Crippen LogP contribution in [0.5, 0.6) is 0 Å². The maximum absolute atomic E-state index is 12.8. The van der Waals surface area contributed by atoms with Crippen molar-refractivity contribution in [1.29, 1.82) is 0 Å². The van der Waals surface area contributed by atoms with Gasteiger partial charge in [0.15, 0.2) is 0 Å². The van der Waals surface area contributed by atoms with Crippen molar-refractivity contribution in [2.24, 2.45) is 0 Å². The number of halogens is 2.